The molecule has 0 amide bonds. The summed E-state index contributed by atoms with van der Waals surface area (Å²) in [5.41, 5.74) is -0.471. The van der Waals surface area contributed by atoms with Gasteiger partial charge in [0, 0.05) is 35.1 Å². The predicted molar refractivity (Wildman–Crippen MR) is 122 cm³/mol. The number of aliphatic hydroxyl groups excluding tert-OH is 1. The molecule has 1 N–H and O–H groups in total. The molecule has 8 atom stereocenters. The van der Waals surface area contributed by atoms with E-state index < -0.39 is 23.0 Å². The molecule has 1 aromatic rings. The van der Waals surface area contributed by atoms with Gasteiger partial charge in [-0.1, -0.05) is 33.8 Å². The summed E-state index contributed by atoms with van der Waals surface area (Å²) in [5.74, 6) is -0.0989. The molecule has 0 aliphatic heterocycles. The molecule has 3 aliphatic carbocycles. The largest absolute Gasteiger partial charge is 0.460 e. The Morgan fingerprint density at radius 3 is 2.72 bits per heavy atom. The van der Waals surface area contributed by atoms with Crippen LogP contribution in [-0.4, -0.2) is 38.8 Å². The molecule has 2 unspecified atom stereocenters. The first-order valence-corrected chi connectivity index (χ1v) is 12.0. The maximum atomic E-state index is 13.4. The average Bonchev–Trinajstić information content (AvgIpc) is 3.32. The van der Waals surface area contributed by atoms with E-state index in [0.29, 0.717) is 12.8 Å². The number of aromatic nitrogens is 2. The van der Waals surface area contributed by atoms with Crippen LogP contribution in [0, 0.1) is 40.9 Å². The van der Waals surface area contributed by atoms with Crippen molar-refractivity contribution in [1.82, 2.24) is 9.78 Å². The van der Waals surface area contributed by atoms with Crippen LogP contribution in [0.2, 0.25) is 0 Å². The summed E-state index contributed by atoms with van der Waals surface area (Å²) in [6.07, 6.45) is 6.04. The Labute approximate surface area is 191 Å². The highest BCUT2D eigenvalue weighted by Crippen LogP contribution is 2.67. The molecule has 3 saturated carbocycles. The summed E-state index contributed by atoms with van der Waals surface area (Å²) in [4.78, 5) is 26.5. The standard InChI is InChI=1S/C26H38N2O4/c1-7-24(5)14-20(32-21(30)15-28-17(3)10-13-27-28)25(6)16(2)8-11-26(18(4)23(24)31)12-9-19(29)22(25)26/h7,10,13,16,18,20,22-23,31H,1,8-9,11-12,14-15H2,2-6H3/t16?,18-,20+,22?,23-,24+,25-,26-/m0/s1. The molecule has 2 bridgehead atoms. The number of hydrogen-bond donors (Lipinski definition) is 1. The second-order valence-electron chi connectivity index (χ2n) is 11.2. The van der Waals surface area contributed by atoms with Crippen LogP contribution in [0.3, 0.4) is 0 Å². The molecule has 0 aromatic carbocycles. The zero-order valence-electron chi connectivity index (χ0n) is 20.1. The number of esters is 1. The first-order chi connectivity index (χ1) is 15.0. The number of ether oxygens (including phenoxy) is 1. The van der Waals surface area contributed by atoms with Gasteiger partial charge in [-0.3, -0.25) is 14.3 Å². The zero-order chi connectivity index (χ0) is 23.5. The fourth-order valence-corrected chi connectivity index (χ4v) is 7.38. The highest BCUT2D eigenvalue weighted by molar-refractivity contribution is 5.85. The van der Waals surface area contributed by atoms with Gasteiger partial charge < -0.3 is 9.84 Å². The first kappa shape index (κ1) is 23.2. The Morgan fingerprint density at radius 1 is 1.38 bits per heavy atom. The minimum absolute atomic E-state index is 0.0304. The minimum Gasteiger partial charge on any atom is -0.460 e. The number of rotatable bonds is 4. The van der Waals surface area contributed by atoms with Gasteiger partial charge in [-0.15, -0.1) is 6.58 Å². The van der Waals surface area contributed by atoms with E-state index in [4.69, 9.17) is 4.74 Å². The van der Waals surface area contributed by atoms with Crippen molar-refractivity contribution in [3.8, 4) is 0 Å². The van der Waals surface area contributed by atoms with Gasteiger partial charge in [-0.05, 0) is 55.9 Å². The maximum absolute atomic E-state index is 13.4. The third-order valence-electron chi connectivity index (χ3n) is 9.78. The van der Waals surface area contributed by atoms with Crippen molar-refractivity contribution < 1.29 is 19.4 Å². The molecule has 32 heavy (non-hydrogen) atoms. The lowest BCUT2D eigenvalue weighted by Crippen LogP contribution is -2.63. The van der Waals surface area contributed by atoms with Crippen molar-refractivity contribution >= 4 is 11.8 Å². The summed E-state index contributed by atoms with van der Waals surface area (Å²) in [5, 5.41) is 15.8. The van der Waals surface area contributed by atoms with E-state index >= 15 is 0 Å². The van der Waals surface area contributed by atoms with Gasteiger partial charge in [-0.25, -0.2) is 0 Å². The van der Waals surface area contributed by atoms with Gasteiger partial charge in [-0.2, -0.15) is 5.10 Å². The average molecular weight is 443 g/mol. The molecule has 4 rings (SSSR count). The van der Waals surface area contributed by atoms with Crippen LogP contribution in [0.15, 0.2) is 24.9 Å². The van der Waals surface area contributed by atoms with E-state index in [9.17, 15) is 14.7 Å². The Morgan fingerprint density at radius 2 is 2.09 bits per heavy atom. The molecule has 3 aliphatic rings. The molecule has 6 nitrogen and oxygen atoms in total. The number of Topliss-reactive ketones (excluding diaryl/α,β-unsaturated/α-hetero) is 1. The highest BCUT2D eigenvalue weighted by atomic mass is 16.5. The number of carbonyl (C=O) groups is 2. The van der Waals surface area contributed by atoms with E-state index in [2.05, 4.69) is 32.4 Å². The Kier molecular flexibility index (Phi) is 5.68. The molecule has 1 aromatic heterocycles. The van der Waals surface area contributed by atoms with Gasteiger partial charge in [0.1, 0.15) is 18.4 Å². The second-order valence-corrected chi connectivity index (χ2v) is 11.2. The second kappa shape index (κ2) is 7.82. The van der Waals surface area contributed by atoms with E-state index in [-0.39, 0.29) is 41.5 Å². The normalized spacial score (nSPS) is 43.8. The van der Waals surface area contributed by atoms with Crippen LogP contribution >= 0.6 is 0 Å². The van der Waals surface area contributed by atoms with Crippen molar-refractivity contribution in [1.29, 1.82) is 0 Å². The number of nitrogens with zero attached hydrogens (tertiary/aromatic N) is 2. The van der Waals surface area contributed by atoms with Gasteiger partial charge >= 0.3 is 5.97 Å². The summed E-state index contributed by atoms with van der Waals surface area (Å²) in [7, 11) is 0. The van der Waals surface area contributed by atoms with Crippen molar-refractivity contribution in [2.45, 2.75) is 85.5 Å². The molecule has 0 spiro atoms. The third-order valence-corrected chi connectivity index (χ3v) is 9.78. The molecular formula is C26H38N2O4. The summed E-state index contributed by atoms with van der Waals surface area (Å²) in [6, 6.07) is 1.85. The Balaban J connectivity index is 1.78. The van der Waals surface area contributed by atoms with E-state index in [1.807, 2.05) is 26.0 Å². The molecule has 1 heterocycles. The Bertz CT molecular complexity index is 925. The number of ketones is 1. The van der Waals surface area contributed by atoms with Gasteiger partial charge in [0.05, 0.1) is 6.10 Å². The van der Waals surface area contributed by atoms with Crippen LogP contribution in [0.1, 0.15) is 65.5 Å². The minimum atomic E-state index is -0.652. The molecule has 0 saturated heterocycles. The molecule has 176 valence electrons. The number of aliphatic hydroxyl groups is 1. The highest BCUT2D eigenvalue weighted by Gasteiger charge is 2.68. The summed E-state index contributed by atoms with van der Waals surface area (Å²) < 4.78 is 7.87. The van der Waals surface area contributed by atoms with Crippen LogP contribution in [-0.2, 0) is 20.9 Å². The van der Waals surface area contributed by atoms with Crippen molar-refractivity contribution in [2.75, 3.05) is 0 Å². The van der Waals surface area contributed by atoms with Crippen LogP contribution < -0.4 is 0 Å². The lowest BCUT2D eigenvalue weighted by atomic mass is 9.44. The zero-order valence-corrected chi connectivity index (χ0v) is 20.1. The third kappa shape index (κ3) is 3.20. The SMILES string of the molecule is C=C[C@]1(C)C[C@@H](OC(=O)Cn2nccc2C)[C@]2(C)C(C)CC[C@]3(CCC(=O)C32)[C@@H](C)[C@@H]1O. The fourth-order valence-electron chi connectivity index (χ4n) is 7.38. The summed E-state index contributed by atoms with van der Waals surface area (Å²) >= 11 is 0. The molecular weight excluding hydrogens is 404 g/mol. The van der Waals surface area contributed by atoms with E-state index in [1.165, 1.54) is 0 Å². The number of aryl methyl sites for hydroxylation is 1. The molecule has 0 radical (unpaired) electrons. The van der Waals surface area contributed by atoms with Gasteiger partial charge in [0.15, 0.2) is 0 Å². The number of hydrogen-bond acceptors (Lipinski definition) is 5. The monoisotopic (exact) mass is 442 g/mol. The fraction of sp³-hybridized carbons (Fsp3) is 0.731. The van der Waals surface area contributed by atoms with Crippen molar-refractivity contribution in [2.24, 2.45) is 34.0 Å². The summed E-state index contributed by atoms with van der Waals surface area (Å²) in [6.45, 7) is 14.5. The van der Waals surface area contributed by atoms with Gasteiger partial charge in [0.25, 0.3) is 0 Å². The first-order valence-electron chi connectivity index (χ1n) is 12.0. The number of carbonyl (C=O) groups excluding carboxylic acids is 2. The van der Waals surface area contributed by atoms with Crippen LogP contribution in [0.4, 0.5) is 0 Å². The van der Waals surface area contributed by atoms with E-state index in [0.717, 1.165) is 25.0 Å². The smallest absolute Gasteiger partial charge is 0.328 e. The maximum Gasteiger partial charge on any atom is 0.328 e. The lowest BCUT2D eigenvalue weighted by molar-refractivity contribution is -0.207. The predicted octanol–water partition coefficient (Wildman–Crippen LogP) is 4.10. The van der Waals surface area contributed by atoms with E-state index in [1.54, 1.807) is 10.9 Å². The molecule has 6 heteroatoms. The van der Waals surface area contributed by atoms with Crippen LogP contribution in [0.5, 0.6) is 0 Å². The van der Waals surface area contributed by atoms with Crippen molar-refractivity contribution in [3.05, 3.63) is 30.6 Å². The topological polar surface area (TPSA) is 81.4 Å². The quantitative estimate of drug-likeness (QED) is 0.561. The van der Waals surface area contributed by atoms with Gasteiger partial charge in [0.2, 0.25) is 0 Å². The van der Waals surface area contributed by atoms with Crippen molar-refractivity contribution in [3.63, 3.8) is 0 Å². The van der Waals surface area contributed by atoms with Crippen LogP contribution in [0.25, 0.3) is 0 Å². The lowest BCUT2D eigenvalue weighted by Gasteiger charge is -2.61. The molecule has 3 fully saturated rings. The Hall–Kier alpha value is -1.95.